The summed E-state index contributed by atoms with van der Waals surface area (Å²) in [6.07, 6.45) is 0. The minimum atomic E-state index is -1.09. The highest BCUT2D eigenvalue weighted by molar-refractivity contribution is 9.10. The molecule has 0 heterocycles. The van der Waals surface area contributed by atoms with Crippen LogP contribution in [0.5, 0.6) is 0 Å². The molecular weight excluding hydrogens is 346 g/mol. The van der Waals surface area contributed by atoms with E-state index in [1.165, 1.54) is 0 Å². The SMILES string of the molecule is Nc1cccc(CS(=O)c2ccc3ccccc3c2)c1Br. The van der Waals surface area contributed by atoms with E-state index in [1.54, 1.807) is 0 Å². The maximum atomic E-state index is 12.6. The molecule has 3 aromatic carbocycles. The standard InChI is InChI=1S/C17H14BrNOS/c18-17-14(6-3-7-16(17)19)11-21(20)15-9-8-12-4-1-2-5-13(12)10-15/h1-10H,11,19H2. The van der Waals surface area contributed by atoms with Gasteiger partial charge in [0.05, 0.1) is 16.6 Å². The van der Waals surface area contributed by atoms with Crippen LogP contribution in [0.2, 0.25) is 0 Å². The Hall–Kier alpha value is -1.65. The van der Waals surface area contributed by atoms with Gasteiger partial charge in [0.25, 0.3) is 0 Å². The second kappa shape index (κ2) is 6.00. The Kier molecular flexibility index (Phi) is 4.08. The molecule has 0 spiro atoms. The third kappa shape index (κ3) is 3.01. The van der Waals surface area contributed by atoms with Gasteiger partial charge in [-0.3, -0.25) is 4.21 Å². The average molecular weight is 360 g/mol. The first-order valence-corrected chi connectivity index (χ1v) is 8.66. The summed E-state index contributed by atoms with van der Waals surface area (Å²) in [5, 5.41) is 2.26. The first kappa shape index (κ1) is 14.3. The van der Waals surface area contributed by atoms with Crippen LogP contribution in [0.25, 0.3) is 10.8 Å². The van der Waals surface area contributed by atoms with Crippen LogP contribution in [0.1, 0.15) is 5.56 Å². The topological polar surface area (TPSA) is 43.1 Å². The van der Waals surface area contributed by atoms with Gasteiger partial charge in [-0.05, 0) is 50.5 Å². The fraction of sp³-hybridized carbons (Fsp3) is 0.0588. The number of hydrogen-bond acceptors (Lipinski definition) is 2. The van der Waals surface area contributed by atoms with Crippen LogP contribution in [-0.4, -0.2) is 4.21 Å². The van der Waals surface area contributed by atoms with Crippen LogP contribution in [0, 0.1) is 0 Å². The van der Waals surface area contributed by atoms with Crippen molar-refractivity contribution >= 4 is 43.2 Å². The molecule has 21 heavy (non-hydrogen) atoms. The molecule has 0 bridgehead atoms. The second-order valence-corrected chi connectivity index (χ2v) is 7.06. The van der Waals surface area contributed by atoms with E-state index in [-0.39, 0.29) is 0 Å². The highest BCUT2D eigenvalue weighted by Gasteiger charge is 2.10. The third-order valence-corrected chi connectivity index (χ3v) is 5.70. The van der Waals surface area contributed by atoms with Crippen LogP contribution < -0.4 is 5.73 Å². The summed E-state index contributed by atoms with van der Waals surface area (Å²) < 4.78 is 13.4. The van der Waals surface area contributed by atoms with E-state index in [9.17, 15) is 4.21 Å². The molecule has 1 unspecified atom stereocenters. The molecule has 3 rings (SSSR count). The Morgan fingerprint density at radius 3 is 2.52 bits per heavy atom. The quantitative estimate of drug-likeness (QED) is 0.700. The van der Waals surface area contributed by atoms with E-state index in [2.05, 4.69) is 22.0 Å². The summed E-state index contributed by atoms with van der Waals surface area (Å²) in [6, 6.07) is 19.7. The minimum Gasteiger partial charge on any atom is -0.398 e. The van der Waals surface area contributed by atoms with Gasteiger partial charge in [0.15, 0.2) is 0 Å². The smallest absolute Gasteiger partial charge is 0.0574 e. The van der Waals surface area contributed by atoms with Crippen LogP contribution in [0.15, 0.2) is 70.0 Å². The van der Waals surface area contributed by atoms with Crippen molar-refractivity contribution in [2.24, 2.45) is 0 Å². The van der Waals surface area contributed by atoms with E-state index < -0.39 is 10.8 Å². The Morgan fingerprint density at radius 1 is 0.952 bits per heavy atom. The largest absolute Gasteiger partial charge is 0.398 e. The van der Waals surface area contributed by atoms with Gasteiger partial charge in [-0.15, -0.1) is 0 Å². The first-order chi connectivity index (χ1) is 10.1. The molecule has 0 saturated heterocycles. The monoisotopic (exact) mass is 359 g/mol. The zero-order valence-electron chi connectivity index (χ0n) is 11.3. The molecule has 1 atom stereocenters. The van der Waals surface area contributed by atoms with Gasteiger partial charge in [-0.25, -0.2) is 0 Å². The van der Waals surface area contributed by atoms with Crippen molar-refractivity contribution in [3.63, 3.8) is 0 Å². The van der Waals surface area contributed by atoms with Gasteiger partial charge < -0.3 is 5.73 Å². The lowest BCUT2D eigenvalue weighted by Gasteiger charge is -2.08. The Morgan fingerprint density at radius 2 is 1.71 bits per heavy atom. The number of fused-ring (bicyclic) bond motifs is 1. The molecule has 0 aliphatic heterocycles. The lowest BCUT2D eigenvalue weighted by atomic mass is 10.1. The molecule has 0 aliphatic rings. The van der Waals surface area contributed by atoms with Crippen LogP contribution in [0.4, 0.5) is 5.69 Å². The molecule has 4 heteroatoms. The summed E-state index contributed by atoms with van der Waals surface area (Å²) in [4.78, 5) is 0.836. The zero-order chi connectivity index (χ0) is 14.8. The molecule has 0 saturated carbocycles. The predicted octanol–water partition coefficient (Wildman–Crippen LogP) is 4.49. The van der Waals surface area contributed by atoms with Crippen molar-refractivity contribution in [1.29, 1.82) is 0 Å². The molecule has 2 N–H and O–H groups in total. The van der Waals surface area contributed by atoms with Crippen LogP contribution in [-0.2, 0) is 16.6 Å². The maximum Gasteiger partial charge on any atom is 0.0574 e. The normalized spacial score (nSPS) is 12.4. The van der Waals surface area contributed by atoms with E-state index in [0.717, 1.165) is 25.7 Å². The van der Waals surface area contributed by atoms with Gasteiger partial charge in [0.1, 0.15) is 0 Å². The maximum absolute atomic E-state index is 12.6. The number of nitrogen functional groups attached to an aromatic ring is 1. The number of nitrogens with two attached hydrogens (primary N) is 1. The summed E-state index contributed by atoms with van der Waals surface area (Å²) >= 11 is 3.46. The van der Waals surface area contributed by atoms with Gasteiger partial charge in [0.2, 0.25) is 0 Å². The third-order valence-electron chi connectivity index (χ3n) is 3.38. The van der Waals surface area contributed by atoms with E-state index in [0.29, 0.717) is 11.4 Å². The van der Waals surface area contributed by atoms with Crippen LogP contribution >= 0.6 is 15.9 Å². The molecule has 2 nitrogen and oxygen atoms in total. The van der Waals surface area contributed by atoms with Crippen molar-refractivity contribution in [2.75, 3.05) is 5.73 Å². The van der Waals surface area contributed by atoms with Gasteiger partial charge in [0, 0.05) is 15.1 Å². The number of hydrogen-bond donors (Lipinski definition) is 1. The number of rotatable bonds is 3. The van der Waals surface area contributed by atoms with Crippen LogP contribution in [0.3, 0.4) is 0 Å². The minimum absolute atomic E-state index is 0.448. The van der Waals surface area contributed by atoms with Crippen molar-refractivity contribution in [3.8, 4) is 0 Å². The Balaban J connectivity index is 1.91. The van der Waals surface area contributed by atoms with Gasteiger partial charge in [-0.2, -0.15) is 0 Å². The fourth-order valence-electron chi connectivity index (χ4n) is 2.24. The number of anilines is 1. The first-order valence-electron chi connectivity index (χ1n) is 6.55. The van der Waals surface area contributed by atoms with Crippen molar-refractivity contribution in [3.05, 3.63) is 70.7 Å². The number of halogens is 1. The van der Waals surface area contributed by atoms with E-state index >= 15 is 0 Å². The molecule has 3 aromatic rings. The molecule has 0 amide bonds. The predicted molar refractivity (Wildman–Crippen MR) is 92.6 cm³/mol. The molecule has 106 valence electrons. The summed E-state index contributed by atoms with van der Waals surface area (Å²) in [6.45, 7) is 0. The number of benzene rings is 3. The lowest BCUT2D eigenvalue weighted by Crippen LogP contribution is -1.99. The molecule has 0 radical (unpaired) electrons. The fourth-order valence-corrected chi connectivity index (χ4v) is 4.00. The molecule has 0 aromatic heterocycles. The zero-order valence-corrected chi connectivity index (χ0v) is 13.7. The highest BCUT2D eigenvalue weighted by atomic mass is 79.9. The summed E-state index contributed by atoms with van der Waals surface area (Å²) in [5.74, 6) is 0.448. The molecule has 0 fully saturated rings. The van der Waals surface area contributed by atoms with Crippen molar-refractivity contribution in [1.82, 2.24) is 0 Å². The van der Waals surface area contributed by atoms with E-state index in [4.69, 9.17) is 5.73 Å². The molecule has 0 aliphatic carbocycles. The lowest BCUT2D eigenvalue weighted by molar-refractivity contribution is 0.682. The molecular formula is C17H14BrNOS. The summed E-state index contributed by atoms with van der Waals surface area (Å²) in [5.41, 5.74) is 7.49. The Bertz CT molecular complexity index is 832. The summed E-state index contributed by atoms with van der Waals surface area (Å²) in [7, 11) is -1.09. The van der Waals surface area contributed by atoms with Crippen molar-refractivity contribution in [2.45, 2.75) is 10.6 Å². The average Bonchev–Trinajstić information content (AvgIpc) is 2.51. The van der Waals surface area contributed by atoms with Gasteiger partial charge in [-0.1, -0.05) is 42.5 Å². The van der Waals surface area contributed by atoms with Crippen molar-refractivity contribution < 1.29 is 4.21 Å². The Labute approximate surface area is 134 Å². The highest BCUT2D eigenvalue weighted by Crippen LogP contribution is 2.27. The van der Waals surface area contributed by atoms with E-state index in [1.807, 2.05) is 54.6 Å². The second-order valence-electron chi connectivity index (χ2n) is 4.82. The van der Waals surface area contributed by atoms with Gasteiger partial charge >= 0.3 is 0 Å².